The number of aryl methyl sites for hydroxylation is 1. The Morgan fingerprint density at radius 3 is 2.32 bits per heavy atom. The molecule has 0 aromatic heterocycles. The molecule has 1 N–H and O–H groups in total. The summed E-state index contributed by atoms with van der Waals surface area (Å²) >= 11 is 6.78. The fourth-order valence-corrected chi connectivity index (χ4v) is 2.48. The van der Waals surface area contributed by atoms with Crippen LogP contribution in [-0.4, -0.2) is 12.3 Å². The van der Waals surface area contributed by atoms with Crippen LogP contribution in [0.5, 0.6) is 0 Å². The van der Waals surface area contributed by atoms with Gasteiger partial charge in [-0.15, -0.1) is 0 Å². The molecule has 0 atom stereocenters. The molecule has 0 aliphatic carbocycles. The zero-order valence-corrected chi connectivity index (χ0v) is 13.6. The van der Waals surface area contributed by atoms with Crippen molar-refractivity contribution in [3.63, 3.8) is 0 Å². The van der Waals surface area contributed by atoms with Gasteiger partial charge in [0.1, 0.15) is 0 Å². The third kappa shape index (κ3) is 3.91. The first-order valence-corrected chi connectivity index (χ1v) is 7.43. The van der Waals surface area contributed by atoms with E-state index in [0.717, 1.165) is 20.2 Å². The van der Waals surface area contributed by atoms with E-state index in [9.17, 15) is 4.79 Å². The van der Waals surface area contributed by atoms with Crippen LogP contribution < -0.4 is 5.32 Å². The van der Waals surface area contributed by atoms with Crippen LogP contribution in [0, 0.1) is 6.92 Å². The summed E-state index contributed by atoms with van der Waals surface area (Å²) in [5, 5.41) is 3.17. The molecule has 0 aliphatic rings. The lowest BCUT2D eigenvalue weighted by Crippen LogP contribution is -2.14. The molecule has 0 heterocycles. The molecule has 0 saturated heterocycles. The number of anilines is 1. The molecule has 19 heavy (non-hydrogen) atoms. The van der Waals surface area contributed by atoms with Gasteiger partial charge >= 0.3 is 0 Å². The van der Waals surface area contributed by atoms with Gasteiger partial charge in [0.2, 0.25) is 0 Å². The van der Waals surface area contributed by atoms with E-state index >= 15 is 0 Å². The normalized spacial score (nSPS) is 10.3. The molecule has 0 saturated carbocycles. The number of carbonyl (C=O) groups excluding carboxylic acids is 1. The average Bonchev–Trinajstić information content (AvgIpc) is 2.38. The van der Waals surface area contributed by atoms with E-state index in [0.29, 0.717) is 12.1 Å². The van der Waals surface area contributed by atoms with E-state index in [4.69, 9.17) is 0 Å². The van der Waals surface area contributed by atoms with Crippen LogP contribution in [0.15, 0.2) is 51.4 Å². The maximum atomic E-state index is 12.0. The van der Waals surface area contributed by atoms with Crippen molar-refractivity contribution in [3.8, 4) is 0 Å². The molecule has 4 heteroatoms. The second kappa shape index (κ2) is 6.35. The first kappa shape index (κ1) is 14.3. The fourth-order valence-electron chi connectivity index (χ4n) is 1.74. The Morgan fingerprint density at radius 1 is 1.05 bits per heavy atom. The number of hydrogen-bond acceptors (Lipinski definition) is 2. The van der Waals surface area contributed by atoms with Crippen molar-refractivity contribution in [2.45, 2.75) is 6.92 Å². The fraction of sp³-hybridized carbons (Fsp3) is 0.133. The topological polar surface area (TPSA) is 29.1 Å². The van der Waals surface area contributed by atoms with E-state index in [1.54, 1.807) is 0 Å². The minimum absolute atomic E-state index is 0.0785. The molecular weight excluding hydrogens is 370 g/mol. The van der Waals surface area contributed by atoms with Crippen molar-refractivity contribution < 1.29 is 4.79 Å². The quantitative estimate of drug-likeness (QED) is 0.768. The SMILES string of the molecule is Cc1cc(Br)ccc1NCC(=O)c1ccc(Br)cc1. The van der Waals surface area contributed by atoms with E-state index in [-0.39, 0.29) is 5.78 Å². The summed E-state index contributed by atoms with van der Waals surface area (Å²) in [6.07, 6.45) is 0. The summed E-state index contributed by atoms with van der Waals surface area (Å²) in [6, 6.07) is 13.3. The highest BCUT2D eigenvalue weighted by atomic mass is 79.9. The van der Waals surface area contributed by atoms with Crippen LogP contribution in [0.3, 0.4) is 0 Å². The van der Waals surface area contributed by atoms with Gasteiger partial charge in [-0.05, 0) is 42.8 Å². The minimum Gasteiger partial charge on any atom is -0.377 e. The number of ketones is 1. The second-order valence-corrected chi connectivity index (χ2v) is 6.07. The number of rotatable bonds is 4. The summed E-state index contributed by atoms with van der Waals surface area (Å²) in [5.41, 5.74) is 2.80. The number of hydrogen-bond donors (Lipinski definition) is 1. The largest absolute Gasteiger partial charge is 0.377 e. The Balaban J connectivity index is 2.02. The Labute approximate surface area is 129 Å². The Morgan fingerprint density at radius 2 is 1.68 bits per heavy atom. The summed E-state index contributed by atoms with van der Waals surface area (Å²) in [6.45, 7) is 2.31. The second-order valence-electron chi connectivity index (χ2n) is 4.24. The first-order chi connectivity index (χ1) is 9.06. The smallest absolute Gasteiger partial charge is 0.181 e. The molecule has 2 aromatic carbocycles. The summed E-state index contributed by atoms with van der Waals surface area (Å²) in [5.74, 6) is 0.0785. The van der Waals surface area contributed by atoms with Gasteiger partial charge in [0.25, 0.3) is 0 Å². The molecule has 0 unspecified atom stereocenters. The Bertz CT molecular complexity index is 594. The molecule has 98 valence electrons. The van der Waals surface area contributed by atoms with E-state index < -0.39 is 0 Å². The summed E-state index contributed by atoms with van der Waals surface area (Å²) in [4.78, 5) is 12.0. The van der Waals surface area contributed by atoms with Gasteiger partial charge in [-0.25, -0.2) is 0 Å². The number of benzene rings is 2. The maximum absolute atomic E-state index is 12.0. The monoisotopic (exact) mass is 381 g/mol. The molecule has 0 radical (unpaired) electrons. The Kier molecular flexibility index (Phi) is 4.77. The first-order valence-electron chi connectivity index (χ1n) is 5.85. The van der Waals surface area contributed by atoms with Gasteiger partial charge in [0.05, 0.1) is 6.54 Å². The van der Waals surface area contributed by atoms with Gasteiger partial charge in [-0.3, -0.25) is 4.79 Å². The van der Waals surface area contributed by atoms with Crippen LogP contribution in [0.25, 0.3) is 0 Å². The molecular formula is C15H13Br2NO. The maximum Gasteiger partial charge on any atom is 0.181 e. The molecule has 2 aromatic rings. The van der Waals surface area contributed by atoms with Crippen molar-refractivity contribution in [2.24, 2.45) is 0 Å². The molecule has 0 bridgehead atoms. The van der Waals surface area contributed by atoms with Crippen LogP contribution in [0.4, 0.5) is 5.69 Å². The average molecular weight is 383 g/mol. The molecule has 0 spiro atoms. The predicted molar refractivity (Wildman–Crippen MR) is 85.8 cm³/mol. The molecule has 0 amide bonds. The number of carbonyl (C=O) groups is 1. The minimum atomic E-state index is 0.0785. The number of halogens is 2. The van der Waals surface area contributed by atoms with Gasteiger partial charge in [0, 0.05) is 20.2 Å². The van der Waals surface area contributed by atoms with Crippen LogP contribution in [-0.2, 0) is 0 Å². The summed E-state index contributed by atoms with van der Waals surface area (Å²) in [7, 11) is 0. The highest BCUT2D eigenvalue weighted by molar-refractivity contribution is 9.10. The van der Waals surface area contributed by atoms with Crippen LogP contribution in [0.1, 0.15) is 15.9 Å². The van der Waals surface area contributed by atoms with Crippen molar-refractivity contribution >= 4 is 43.3 Å². The lowest BCUT2D eigenvalue weighted by Gasteiger charge is -2.09. The highest BCUT2D eigenvalue weighted by Gasteiger charge is 2.06. The van der Waals surface area contributed by atoms with Crippen molar-refractivity contribution in [2.75, 3.05) is 11.9 Å². The van der Waals surface area contributed by atoms with Gasteiger partial charge in [0.15, 0.2) is 5.78 Å². The Hall–Kier alpha value is -1.13. The van der Waals surface area contributed by atoms with Gasteiger partial charge in [-0.1, -0.05) is 44.0 Å². The lowest BCUT2D eigenvalue weighted by molar-refractivity contribution is 0.101. The van der Waals surface area contributed by atoms with Gasteiger partial charge in [-0.2, -0.15) is 0 Å². The zero-order valence-electron chi connectivity index (χ0n) is 10.4. The van der Waals surface area contributed by atoms with E-state index in [1.807, 2.05) is 49.4 Å². The van der Waals surface area contributed by atoms with Crippen LogP contribution >= 0.6 is 31.9 Å². The summed E-state index contributed by atoms with van der Waals surface area (Å²) < 4.78 is 2.01. The third-order valence-corrected chi connectivity index (χ3v) is 3.82. The van der Waals surface area contributed by atoms with Crippen LogP contribution in [0.2, 0.25) is 0 Å². The third-order valence-electron chi connectivity index (χ3n) is 2.79. The molecule has 0 aliphatic heterocycles. The number of Topliss-reactive ketones (excluding diaryl/α,β-unsaturated/α-hetero) is 1. The molecule has 0 fully saturated rings. The predicted octanol–water partition coefficient (Wildman–Crippen LogP) is 4.81. The standard InChI is InChI=1S/C15H13Br2NO/c1-10-8-13(17)6-7-14(10)18-9-15(19)11-2-4-12(16)5-3-11/h2-8,18H,9H2,1H3. The van der Waals surface area contributed by atoms with Crippen molar-refractivity contribution in [3.05, 3.63) is 62.5 Å². The van der Waals surface area contributed by atoms with E-state index in [1.165, 1.54) is 0 Å². The molecule has 2 rings (SSSR count). The zero-order chi connectivity index (χ0) is 13.8. The number of nitrogens with one attached hydrogen (secondary N) is 1. The molecule has 2 nitrogen and oxygen atoms in total. The van der Waals surface area contributed by atoms with Gasteiger partial charge < -0.3 is 5.32 Å². The highest BCUT2D eigenvalue weighted by Crippen LogP contribution is 2.20. The van der Waals surface area contributed by atoms with E-state index in [2.05, 4.69) is 37.2 Å². The van der Waals surface area contributed by atoms with Crippen molar-refractivity contribution in [1.29, 1.82) is 0 Å². The lowest BCUT2D eigenvalue weighted by atomic mass is 10.1. The van der Waals surface area contributed by atoms with Crippen molar-refractivity contribution in [1.82, 2.24) is 0 Å².